The summed E-state index contributed by atoms with van der Waals surface area (Å²) in [6.07, 6.45) is 2.54. The van der Waals surface area contributed by atoms with Crippen LogP contribution in [0.4, 0.5) is 0 Å². The lowest BCUT2D eigenvalue weighted by Crippen LogP contribution is -2.26. The van der Waals surface area contributed by atoms with Gasteiger partial charge in [-0.1, -0.05) is 12.1 Å². The van der Waals surface area contributed by atoms with Gasteiger partial charge < -0.3 is 9.88 Å². The van der Waals surface area contributed by atoms with Crippen molar-refractivity contribution in [3.05, 3.63) is 35.0 Å². The molecule has 0 bridgehead atoms. The van der Waals surface area contributed by atoms with Crippen LogP contribution in [0, 0.1) is 13.8 Å². The van der Waals surface area contributed by atoms with Gasteiger partial charge in [0.15, 0.2) is 0 Å². The Hall–Kier alpha value is -1.28. The Kier molecular flexibility index (Phi) is 2.90. The van der Waals surface area contributed by atoms with Gasteiger partial charge in [0.1, 0.15) is 0 Å². The zero-order valence-corrected chi connectivity index (χ0v) is 11.6. The van der Waals surface area contributed by atoms with E-state index >= 15 is 0 Å². The molecule has 0 unspecified atom stereocenters. The Balaban J connectivity index is 2.18. The molecule has 2 heteroatoms. The Bertz CT molecular complexity index is 574. The number of rotatable bonds is 1. The topological polar surface area (TPSA) is 17.0 Å². The molecule has 2 heterocycles. The second-order valence-corrected chi connectivity index (χ2v) is 5.60. The summed E-state index contributed by atoms with van der Waals surface area (Å²) in [5, 5.41) is 4.93. The monoisotopic (exact) mass is 242 g/mol. The van der Waals surface area contributed by atoms with Gasteiger partial charge >= 0.3 is 0 Å². The van der Waals surface area contributed by atoms with E-state index in [9.17, 15) is 0 Å². The van der Waals surface area contributed by atoms with Gasteiger partial charge in [0, 0.05) is 23.6 Å². The quantitative estimate of drug-likeness (QED) is 0.812. The normalized spacial score (nSPS) is 17.5. The van der Waals surface area contributed by atoms with E-state index in [1.165, 1.54) is 35.0 Å². The minimum absolute atomic E-state index is 0.734. The summed E-state index contributed by atoms with van der Waals surface area (Å²) in [4.78, 5) is 0. The standard InChI is InChI=1S/C16H22N2/c1-11-4-5-14-15(10-11)18(3)12(2)16(14)13-6-8-17-9-7-13/h4-5,10,13,17H,6-9H2,1-3H3. The average Bonchev–Trinajstić information content (AvgIpc) is 2.64. The van der Waals surface area contributed by atoms with E-state index in [0.717, 1.165) is 19.0 Å². The van der Waals surface area contributed by atoms with Crippen LogP contribution >= 0.6 is 0 Å². The highest BCUT2D eigenvalue weighted by Crippen LogP contribution is 2.35. The number of piperidine rings is 1. The molecule has 3 rings (SSSR count). The first-order valence-electron chi connectivity index (χ1n) is 6.94. The van der Waals surface area contributed by atoms with Gasteiger partial charge in [-0.2, -0.15) is 0 Å². The molecule has 1 aromatic heterocycles. The highest BCUT2D eigenvalue weighted by Gasteiger charge is 2.22. The Morgan fingerprint density at radius 1 is 1.17 bits per heavy atom. The lowest BCUT2D eigenvalue weighted by Gasteiger charge is -2.23. The lowest BCUT2D eigenvalue weighted by molar-refractivity contribution is 0.460. The van der Waals surface area contributed by atoms with Gasteiger partial charge in [-0.05, 0) is 62.9 Å². The molecule has 0 radical (unpaired) electrons. The molecule has 1 aromatic carbocycles. The number of fused-ring (bicyclic) bond motifs is 1. The Labute approximate surface area is 109 Å². The average molecular weight is 242 g/mol. The van der Waals surface area contributed by atoms with Gasteiger partial charge in [-0.25, -0.2) is 0 Å². The molecule has 1 saturated heterocycles. The third kappa shape index (κ3) is 1.76. The molecule has 18 heavy (non-hydrogen) atoms. The fraction of sp³-hybridized carbons (Fsp3) is 0.500. The van der Waals surface area contributed by atoms with E-state index in [-0.39, 0.29) is 0 Å². The van der Waals surface area contributed by atoms with Crippen molar-refractivity contribution >= 4 is 10.9 Å². The van der Waals surface area contributed by atoms with Crippen LogP contribution in [0.5, 0.6) is 0 Å². The lowest BCUT2D eigenvalue weighted by atomic mass is 9.88. The van der Waals surface area contributed by atoms with Crippen molar-refractivity contribution in [3.8, 4) is 0 Å². The summed E-state index contributed by atoms with van der Waals surface area (Å²) in [7, 11) is 2.20. The molecule has 0 saturated carbocycles. The first-order valence-corrected chi connectivity index (χ1v) is 6.94. The third-order valence-corrected chi connectivity index (χ3v) is 4.45. The van der Waals surface area contributed by atoms with Crippen molar-refractivity contribution < 1.29 is 0 Å². The first kappa shape index (κ1) is 11.8. The molecule has 1 N–H and O–H groups in total. The van der Waals surface area contributed by atoms with Gasteiger partial charge in [0.25, 0.3) is 0 Å². The molecule has 1 aliphatic rings. The SMILES string of the molecule is Cc1ccc2c(C3CCNCC3)c(C)n(C)c2c1. The van der Waals surface area contributed by atoms with Gasteiger partial charge in [-0.3, -0.25) is 0 Å². The van der Waals surface area contributed by atoms with Crippen LogP contribution in [0.25, 0.3) is 10.9 Å². The predicted molar refractivity (Wildman–Crippen MR) is 77.2 cm³/mol. The Morgan fingerprint density at radius 2 is 1.89 bits per heavy atom. The highest BCUT2D eigenvalue weighted by molar-refractivity contribution is 5.86. The molecule has 1 fully saturated rings. The van der Waals surface area contributed by atoms with Crippen LogP contribution in [0.3, 0.4) is 0 Å². The molecule has 1 aliphatic heterocycles. The Morgan fingerprint density at radius 3 is 2.61 bits per heavy atom. The minimum atomic E-state index is 0.734. The number of benzene rings is 1. The van der Waals surface area contributed by atoms with E-state index in [0.29, 0.717) is 0 Å². The van der Waals surface area contributed by atoms with Crippen LogP contribution in [0.1, 0.15) is 35.6 Å². The van der Waals surface area contributed by atoms with Crippen molar-refractivity contribution in [2.45, 2.75) is 32.6 Å². The van der Waals surface area contributed by atoms with E-state index in [1.54, 1.807) is 5.56 Å². The molecule has 2 aromatic rings. The van der Waals surface area contributed by atoms with E-state index in [2.05, 4.69) is 49.0 Å². The smallest absolute Gasteiger partial charge is 0.0485 e. The van der Waals surface area contributed by atoms with Crippen LogP contribution < -0.4 is 5.32 Å². The van der Waals surface area contributed by atoms with Crippen molar-refractivity contribution in [2.24, 2.45) is 7.05 Å². The van der Waals surface area contributed by atoms with Crippen LogP contribution in [0.15, 0.2) is 18.2 Å². The molecular weight excluding hydrogens is 220 g/mol. The highest BCUT2D eigenvalue weighted by atomic mass is 14.9. The third-order valence-electron chi connectivity index (χ3n) is 4.45. The minimum Gasteiger partial charge on any atom is -0.348 e. The van der Waals surface area contributed by atoms with Crippen LogP contribution in [-0.4, -0.2) is 17.7 Å². The second-order valence-electron chi connectivity index (χ2n) is 5.60. The first-order chi connectivity index (χ1) is 8.68. The number of nitrogens with zero attached hydrogens (tertiary/aromatic N) is 1. The molecule has 2 nitrogen and oxygen atoms in total. The van der Waals surface area contributed by atoms with Crippen LogP contribution in [-0.2, 0) is 7.05 Å². The zero-order chi connectivity index (χ0) is 12.7. The summed E-state index contributed by atoms with van der Waals surface area (Å²) in [5.41, 5.74) is 5.78. The fourth-order valence-corrected chi connectivity index (χ4v) is 3.33. The summed E-state index contributed by atoms with van der Waals surface area (Å²) >= 11 is 0. The van der Waals surface area contributed by atoms with Gasteiger partial charge in [0.2, 0.25) is 0 Å². The number of aromatic nitrogens is 1. The molecule has 0 aliphatic carbocycles. The van der Waals surface area contributed by atoms with E-state index in [4.69, 9.17) is 0 Å². The number of hydrogen-bond donors (Lipinski definition) is 1. The summed E-state index contributed by atoms with van der Waals surface area (Å²) in [5.74, 6) is 0.734. The number of aryl methyl sites for hydroxylation is 2. The van der Waals surface area contributed by atoms with Crippen LogP contribution in [0.2, 0.25) is 0 Å². The summed E-state index contributed by atoms with van der Waals surface area (Å²) in [6.45, 7) is 6.76. The van der Waals surface area contributed by atoms with E-state index in [1.807, 2.05) is 0 Å². The largest absolute Gasteiger partial charge is 0.348 e. The van der Waals surface area contributed by atoms with Crippen molar-refractivity contribution in [3.63, 3.8) is 0 Å². The van der Waals surface area contributed by atoms with Crippen molar-refractivity contribution in [1.82, 2.24) is 9.88 Å². The van der Waals surface area contributed by atoms with Crippen molar-refractivity contribution in [2.75, 3.05) is 13.1 Å². The maximum absolute atomic E-state index is 3.46. The van der Waals surface area contributed by atoms with E-state index < -0.39 is 0 Å². The number of nitrogens with one attached hydrogen (secondary N) is 1. The summed E-state index contributed by atoms with van der Waals surface area (Å²) < 4.78 is 2.36. The molecule has 0 amide bonds. The van der Waals surface area contributed by atoms with Gasteiger partial charge in [0.05, 0.1) is 0 Å². The molecule has 0 spiro atoms. The summed E-state index contributed by atoms with van der Waals surface area (Å²) in [6, 6.07) is 6.87. The molecular formula is C16H22N2. The zero-order valence-electron chi connectivity index (χ0n) is 11.6. The molecule has 0 atom stereocenters. The number of hydrogen-bond acceptors (Lipinski definition) is 1. The fourth-order valence-electron chi connectivity index (χ4n) is 3.33. The maximum Gasteiger partial charge on any atom is 0.0485 e. The molecule has 96 valence electrons. The van der Waals surface area contributed by atoms with Crippen molar-refractivity contribution in [1.29, 1.82) is 0 Å². The van der Waals surface area contributed by atoms with Gasteiger partial charge in [-0.15, -0.1) is 0 Å². The predicted octanol–water partition coefficient (Wildman–Crippen LogP) is 3.26. The maximum atomic E-state index is 3.46. The second kappa shape index (κ2) is 4.43.